The maximum atomic E-state index is 5.66. The van der Waals surface area contributed by atoms with E-state index in [1.807, 2.05) is 0 Å². The van der Waals surface area contributed by atoms with E-state index in [0.29, 0.717) is 25.9 Å². The number of rotatable bonds is 3. The topological polar surface area (TPSA) is 39.7 Å². The third-order valence-electron chi connectivity index (χ3n) is 3.54. The van der Waals surface area contributed by atoms with Gasteiger partial charge in [-0.2, -0.15) is 0 Å². The summed E-state index contributed by atoms with van der Waals surface area (Å²) in [6, 6.07) is 4.60. The van der Waals surface area contributed by atoms with Gasteiger partial charge in [0, 0.05) is 13.2 Å². The van der Waals surface area contributed by atoms with E-state index < -0.39 is 0 Å². The van der Waals surface area contributed by atoms with Crippen LogP contribution in [0.4, 0.5) is 0 Å². The van der Waals surface area contributed by atoms with Crippen LogP contribution in [0.3, 0.4) is 0 Å². The summed E-state index contributed by atoms with van der Waals surface area (Å²) >= 11 is 0. The molecule has 98 valence electrons. The van der Waals surface area contributed by atoms with Crippen molar-refractivity contribution in [2.45, 2.75) is 25.5 Å². The number of fused-ring (bicyclic) bond motifs is 1. The Morgan fingerprint density at radius 1 is 1.28 bits per heavy atom. The fourth-order valence-corrected chi connectivity index (χ4v) is 2.70. The van der Waals surface area contributed by atoms with Crippen molar-refractivity contribution < 1.29 is 14.2 Å². The molecule has 1 saturated heterocycles. The molecule has 1 fully saturated rings. The molecule has 1 aromatic carbocycles. The summed E-state index contributed by atoms with van der Waals surface area (Å²) in [6.07, 6.45) is 2.40. The first-order chi connectivity index (χ1) is 8.88. The first-order valence-corrected chi connectivity index (χ1v) is 6.53. The van der Waals surface area contributed by atoms with Crippen molar-refractivity contribution >= 4 is 0 Å². The Kier molecular flexibility index (Phi) is 3.39. The van der Waals surface area contributed by atoms with Crippen LogP contribution in [0, 0.1) is 0 Å². The largest absolute Gasteiger partial charge is 0.486 e. The SMILES string of the molecule is COCc1cc2c(cc1C1CCCN1)OCCO2. The Balaban J connectivity index is 1.98. The number of methoxy groups -OCH3 is 1. The van der Waals surface area contributed by atoms with E-state index in [2.05, 4.69) is 17.4 Å². The molecule has 4 heteroatoms. The van der Waals surface area contributed by atoms with Crippen molar-refractivity contribution in [3.8, 4) is 11.5 Å². The van der Waals surface area contributed by atoms with Gasteiger partial charge < -0.3 is 19.5 Å². The highest BCUT2D eigenvalue weighted by Crippen LogP contribution is 2.37. The molecule has 0 aromatic heterocycles. The van der Waals surface area contributed by atoms with Crippen molar-refractivity contribution in [2.24, 2.45) is 0 Å². The van der Waals surface area contributed by atoms with E-state index in [0.717, 1.165) is 18.0 Å². The van der Waals surface area contributed by atoms with E-state index in [9.17, 15) is 0 Å². The zero-order chi connectivity index (χ0) is 12.4. The minimum absolute atomic E-state index is 0.422. The predicted molar refractivity (Wildman–Crippen MR) is 68.1 cm³/mol. The molecule has 4 nitrogen and oxygen atoms in total. The minimum Gasteiger partial charge on any atom is -0.486 e. The molecule has 2 heterocycles. The second-order valence-corrected chi connectivity index (χ2v) is 4.78. The molecule has 0 bridgehead atoms. The summed E-state index contributed by atoms with van der Waals surface area (Å²) in [4.78, 5) is 0. The zero-order valence-electron chi connectivity index (χ0n) is 10.7. The van der Waals surface area contributed by atoms with Crippen molar-refractivity contribution in [1.82, 2.24) is 5.32 Å². The Morgan fingerprint density at radius 2 is 2.06 bits per heavy atom. The maximum absolute atomic E-state index is 5.66. The van der Waals surface area contributed by atoms with Gasteiger partial charge in [-0.1, -0.05) is 0 Å². The van der Waals surface area contributed by atoms with Gasteiger partial charge in [0.05, 0.1) is 6.61 Å². The smallest absolute Gasteiger partial charge is 0.161 e. The number of hydrogen-bond donors (Lipinski definition) is 1. The van der Waals surface area contributed by atoms with Gasteiger partial charge in [0.15, 0.2) is 11.5 Å². The highest BCUT2D eigenvalue weighted by molar-refractivity contribution is 5.49. The Morgan fingerprint density at radius 3 is 2.72 bits per heavy atom. The molecule has 2 aliphatic heterocycles. The van der Waals surface area contributed by atoms with Crippen molar-refractivity contribution in [3.05, 3.63) is 23.3 Å². The Labute approximate surface area is 107 Å². The molecule has 1 aromatic rings. The van der Waals surface area contributed by atoms with Gasteiger partial charge in [0.25, 0.3) is 0 Å². The van der Waals surface area contributed by atoms with Gasteiger partial charge in [-0.05, 0) is 42.6 Å². The highest BCUT2D eigenvalue weighted by Gasteiger charge is 2.23. The monoisotopic (exact) mass is 249 g/mol. The number of hydrogen-bond acceptors (Lipinski definition) is 4. The molecule has 0 radical (unpaired) electrons. The van der Waals surface area contributed by atoms with Gasteiger partial charge in [-0.15, -0.1) is 0 Å². The maximum Gasteiger partial charge on any atom is 0.161 e. The van der Waals surface area contributed by atoms with E-state index in [4.69, 9.17) is 14.2 Å². The number of nitrogens with one attached hydrogen (secondary N) is 1. The van der Waals surface area contributed by atoms with Crippen LogP contribution < -0.4 is 14.8 Å². The molecule has 1 atom stereocenters. The Hall–Kier alpha value is -1.26. The molecule has 2 aliphatic rings. The highest BCUT2D eigenvalue weighted by atomic mass is 16.6. The summed E-state index contributed by atoms with van der Waals surface area (Å²) < 4.78 is 16.6. The summed E-state index contributed by atoms with van der Waals surface area (Å²) in [5.41, 5.74) is 2.49. The van der Waals surface area contributed by atoms with Crippen molar-refractivity contribution in [2.75, 3.05) is 26.9 Å². The van der Waals surface area contributed by atoms with Gasteiger partial charge in [-0.3, -0.25) is 0 Å². The molecule has 3 rings (SSSR count). The minimum atomic E-state index is 0.422. The van der Waals surface area contributed by atoms with Gasteiger partial charge in [-0.25, -0.2) is 0 Å². The van der Waals surface area contributed by atoms with Crippen LogP contribution in [-0.4, -0.2) is 26.9 Å². The zero-order valence-corrected chi connectivity index (χ0v) is 10.7. The molecule has 0 aliphatic carbocycles. The first-order valence-electron chi connectivity index (χ1n) is 6.53. The lowest BCUT2D eigenvalue weighted by Gasteiger charge is -2.23. The molecule has 0 spiro atoms. The van der Waals surface area contributed by atoms with Gasteiger partial charge in [0.1, 0.15) is 13.2 Å². The molecule has 0 saturated carbocycles. The fraction of sp³-hybridized carbons (Fsp3) is 0.571. The van der Waals surface area contributed by atoms with Gasteiger partial charge >= 0.3 is 0 Å². The van der Waals surface area contributed by atoms with E-state index in [1.165, 1.54) is 24.0 Å². The second kappa shape index (κ2) is 5.16. The third-order valence-corrected chi connectivity index (χ3v) is 3.54. The fourth-order valence-electron chi connectivity index (χ4n) is 2.70. The Bertz CT molecular complexity index is 427. The predicted octanol–water partition coefficient (Wildman–Crippen LogP) is 2.03. The molecule has 1 unspecified atom stereocenters. The lowest BCUT2D eigenvalue weighted by Crippen LogP contribution is -2.19. The molecule has 0 amide bonds. The second-order valence-electron chi connectivity index (χ2n) is 4.78. The molecule has 18 heavy (non-hydrogen) atoms. The van der Waals surface area contributed by atoms with E-state index >= 15 is 0 Å². The first kappa shape index (κ1) is 11.8. The van der Waals surface area contributed by atoms with Gasteiger partial charge in [0.2, 0.25) is 0 Å². The average molecular weight is 249 g/mol. The third kappa shape index (κ3) is 2.18. The van der Waals surface area contributed by atoms with Crippen LogP contribution in [0.1, 0.15) is 30.0 Å². The average Bonchev–Trinajstić information content (AvgIpc) is 2.92. The molecular weight excluding hydrogens is 230 g/mol. The van der Waals surface area contributed by atoms with Crippen LogP contribution >= 0.6 is 0 Å². The summed E-state index contributed by atoms with van der Waals surface area (Å²) in [5.74, 6) is 1.71. The van der Waals surface area contributed by atoms with Crippen molar-refractivity contribution in [1.29, 1.82) is 0 Å². The van der Waals surface area contributed by atoms with Crippen LogP contribution in [0.15, 0.2) is 12.1 Å². The lowest BCUT2D eigenvalue weighted by atomic mass is 9.98. The number of ether oxygens (including phenoxy) is 3. The normalized spacial score (nSPS) is 22.2. The quantitative estimate of drug-likeness (QED) is 0.889. The van der Waals surface area contributed by atoms with E-state index in [1.54, 1.807) is 7.11 Å². The van der Waals surface area contributed by atoms with Crippen LogP contribution in [0.5, 0.6) is 11.5 Å². The summed E-state index contributed by atoms with van der Waals surface area (Å²) in [5, 5.41) is 3.53. The lowest BCUT2D eigenvalue weighted by molar-refractivity contribution is 0.166. The van der Waals surface area contributed by atoms with Crippen LogP contribution in [-0.2, 0) is 11.3 Å². The molecule has 1 N–H and O–H groups in total. The van der Waals surface area contributed by atoms with Crippen molar-refractivity contribution in [3.63, 3.8) is 0 Å². The standard InChI is InChI=1S/C14H19NO3/c1-16-9-10-7-13-14(18-6-5-17-13)8-11(10)12-3-2-4-15-12/h7-8,12,15H,2-6,9H2,1H3. The summed E-state index contributed by atoms with van der Waals surface area (Å²) in [6.45, 7) is 2.96. The number of benzene rings is 1. The van der Waals surface area contributed by atoms with E-state index in [-0.39, 0.29) is 0 Å². The molecular formula is C14H19NO3. The van der Waals surface area contributed by atoms with Crippen LogP contribution in [0.25, 0.3) is 0 Å². The van der Waals surface area contributed by atoms with Crippen LogP contribution in [0.2, 0.25) is 0 Å². The summed E-state index contributed by atoms with van der Waals surface area (Å²) in [7, 11) is 1.72.